The molecule has 0 spiro atoms. The second-order valence-electron chi connectivity index (χ2n) is 6.74. The second kappa shape index (κ2) is 7.69. The van der Waals surface area contributed by atoms with Gasteiger partial charge in [-0.25, -0.2) is 18.3 Å². The summed E-state index contributed by atoms with van der Waals surface area (Å²) in [5.41, 5.74) is 3.28. The maximum absolute atomic E-state index is 14.5. The van der Waals surface area contributed by atoms with Crippen molar-refractivity contribution in [1.29, 1.82) is 0 Å². The summed E-state index contributed by atoms with van der Waals surface area (Å²) in [5.74, 6) is -0.560. The highest BCUT2D eigenvalue weighted by atomic mass is 32.2. The van der Waals surface area contributed by atoms with Gasteiger partial charge in [-0.2, -0.15) is 0 Å². The Balaban J connectivity index is 2.31. The van der Waals surface area contributed by atoms with Crippen LogP contribution in [0.1, 0.15) is 18.9 Å². The fourth-order valence-corrected chi connectivity index (χ4v) is 3.39. The van der Waals surface area contributed by atoms with Crippen LogP contribution in [0.2, 0.25) is 0 Å². The first-order valence-corrected chi connectivity index (χ1v) is 10.00. The molecule has 0 unspecified atom stereocenters. The molecule has 0 radical (unpaired) electrons. The van der Waals surface area contributed by atoms with Crippen LogP contribution in [0, 0.1) is 12.7 Å². The van der Waals surface area contributed by atoms with Gasteiger partial charge in [0.1, 0.15) is 5.82 Å². The highest BCUT2D eigenvalue weighted by molar-refractivity contribution is 7.92. The van der Waals surface area contributed by atoms with Gasteiger partial charge in [0.15, 0.2) is 9.84 Å². The molecule has 0 bridgehead atoms. The molecule has 2 aromatic rings. The molecule has 2 N–H and O–H groups in total. The maximum Gasteiger partial charge on any atom is 0.251 e. The molecule has 6 nitrogen and oxygen atoms in total. The Kier molecular flexibility index (Phi) is 6.00. The third-order valence-electron chi connectivity index (χ3n) is 4.67. The Labute approximate surface area is 152 Å². The molecule has 1 aromatic carbocycles. The van der Waals surface area contributed by atoms with E-state index in [2.05, 4.69) is 0 Å². The zero-order valence-corrected chi connectivity index (χ0v) is 15.8. The molecule has 2 rings (SSSR count). The molecule has 1 aromatic heterocycles. The van der Waals surface area contributed by atoms with Crippen LogP contribution in [0.4, 0.5) is 4.39 Å². The third kappa shape index (κ3) is 4.38. The predicted octanol–water partition coefficient (Wildman–Crippen LogP) is 2.14. The van der Waals surface area contributed by atoms with Crippen LogP contribution in [0.15, 0.2) is 41.3 Å². The predicted molar refractivity (Wildman–Crippen MR) is 98.5 cm³/mol. The Hall–Kier alpha value is -2.03. The number of hydrogen-bond donors (Lipinski definition) is 2. The monoisotopic (exact) mass is 382 g/mol. The maximum atomic E-state index is 14.5. The van der Waals surface area contributed by atoms with E-state index >= 15 is 0 Å². The summed E-state index contributed by atoms with van der Waals surface area (Å²) in [6.07, 6.45) is 2.20. The third-order valence-corrected chi connectivity index (χ3v) is 6.81. The summed E-state index contributed by atoms with van der Waals surface area (Å²) >= 11 is 0. The summed E-state index contributed by atoms with van der Waals surface area (Å²) < 4.78 is 38.3. The number of halogens is 1. The van der Waals surface area contributed by atoms with Crippen LogP contribution < -0.4 is 11.0 Å². The van der Waals surface area contributed by atoms with E-state index in [4.69, 9.17) is 5.21 Å². The average Bonchev–Trinajstić information content (AvgIpc) is 2.55. The first-order chi connectivity index (χ1) is 12.1. The lowest BCUT2D eigenvalue weighted by Gasteiger charge is -2.27. The normalized spacial score (nSPS) is 14.2. The Morgan fingerprint density at radius 3 is 2.42 bits per heavy atom. The van der Waals surface area contributed by atoms with E-state index in [1.807, 2.05) is 24.5 Å². The number of aromatic nitrogens is 1. The lowest BCUT2D eigenvalue weighted by atomic mass is 10.0. The van der Waals surface area contributed by atoms with Crippen molar-refractivity contribution < 1.29 is 18.0 Å². The van der Waals surface area contributed by atoms with Crippen molar-refractivity contribution in [2.75, 3.05) is 12.8 Å². The number of rotatable bonds is 7. The van der Waals surface area contributed by atoms with E-state index in [1.54, 1.807) is 12.1 Å². The van der Waals surface area contributed by atoms with Crippen molar-refractivity contribution in [3.05, 3.63) is 58.3 Å². The number of hydrogen-bond acceptors (Lipinski definition) is 5. The van der Waals surface area contributed by atoms with Crippen molar-refractivity contribution in [3.63, 3.8) is 0 Å². The molecule has 0 amide bonds. The number of pyridine rings is 1. The van der Waals surface area contributed by atoms with E-state index in [0.717, 1.165) is 22.6 Å². The van der Waals surface area contributed by atoms with Gasteiger partial charge >= 0.3 is 0 Å². The number of aryl methyl sites for hydroxylation is 2. The van der Waals surface area contributed by atoms with Crippen LogP contribution in [0.5, 0.6) is 0 Å². The van der Waals surface area contributed by atoms with Gasteiger partial charge in [0, 0.05) is 37.2 Å². The number of benzene rings is 1. The first-order valence-electron chi connectivity index (χ1n) is 8.11. The highest BCUT2D eigenvalue weighted by Crippen LogP contribution is 2.23. The molecule has 0 aliphatic rings. The van der Waals surface area contributed by atoms with Crippen molar-refractivity contribution in [1.82, 2.24) is 10.0 Å². The lowest BCUT2D eigenvalue weighted by molar-refractivity contribution is 0.153. The molecule has 1 atom stereocenters. The van der Waals surface area contributed by atoms with Gasteiger partial charge in [-0.3, -0.25) is 4.79 Å². The molecule has 8 heteroatoms. The van der Waals surface area contributed by atoms with Crippen LogP contribution in [0.3, 0.4) is 0 Å². The standard InChI is InChI=1S/C18H23FN2O4S/c1-13-4-6-14(7-5-13)15-10-17(22)21(11-16(15)19)9-8-18(2,12-20-23)26(3,24)25/h4-7,10-11,20,23H,8-9,12H2,1-3H3/t18-/m1/s1. The van der Waals surface area contributed by atoms with Gasteiger partial charge in [0.05, 0.1) is 4.75 Å². The fraction of sp³-hybridized carbons (Fsp3) is 0.389. The van der Waals surface area contributed by atoms with E-state index in [1.165, 1.54) is 13.0 Å². The molecule has 0 aliphatic heterocycles. The van der Waals surface area contributed by atoms with Gasteiger partial charge < -0.3 is 9.77 Å². The van der Waals surface area contributed by atoms with E-state index in [0.29, 0.717) is 5.56 Å². The largest absolute Gasteiger partial charge is 0.317 e. The number of nitrogens with one attached hydrogen (secondary N) is 1. The van der Waals surface area contributed by atoms with E-state index in [-0.39, 0.29) is 25.1 Å². The van der Waals surface area contributed by atoms with Gasteiger partial charge in [0.25, 0.3) is 5.56 Å². The summed E-state index contributed by atoms with van der Waals surface area (Å²) in [7, 11) is -3.51. The summed E-state index contributed by atoms with van der Waals surface area (Å²) in [4.78, 5) is 12.3. The fourth-order valence-electron chi connectivity index (χ4n) is 2.60. The minimum absolute atomic E-state index is 0.00911. The molecule has 142 valence electrons. The second-order valence-corrected chi connectivity index (χ2v) is 9.27. The van der Waals surface area contributed by atoms with E-state index < -0.39 is 26.0 Å². The highest BCUT2D eigenvalue weighted by Gasteiger charge is 2.35. The van der Waals surface area contributed by atoms with Gasteiger partial charge in [-0.05, 0) is 25.8 Å². The lowest BCUT2D eigenvalue weighted by Crippen LogP contribution is -2.44. The minimum atomic E-state index is -3.51. The molecule has 0 saturated carbocycles. The van der Waals surface area contributed by atoms with Gasteiger partial charge in [-0.1, -0.05) is 29.8 Å². The van der Waals surface area contributed by atoms with E-state index in [9.17, 15) is 17.6 Å². The van der Waals surface area contributed by atoms with Crippen LogP contribution in [-0.4, -0.2) is 35.7 Å². The van der Waals surface area contributed by atoms with Crippen LogP contribution in [-0.2, 0) is 16.4 Å². The quantitative estimate of drug-likeness (QED) is 0.716. The Morgan fingerprint density at radius 1 is 1.27 bits per heavy atom. The van der Waals surface area contributed by atoms with Crippen molar-refractivity contribution in [2.45, 2.75) is 31.6 Å². The number of hydroxylamine groups is 1. The number of nitrogens with zero attached hydrogens (tertiary/aromatic N) is 1. The summed E-state index contributed by atoms with van der Waals surface area (Å²) in [6.45, 7) is 3.20. The van der Waals surface area contributed by atoms with Gasteiger partial charge in [0.2, 0.25) is 0 Å². The topological polar surface area (TPSA) is 88.4 Å². The van der Waals surface area contributed by atoms with Crippen molar-refractivity contribution in [2.24, 2.45) is 0 Å². The zero-order valence-electron chi connectivity index (χ0n) is 15.0. The minimum Gasteiger partial charge on any atom is -0.317 e. The molecular formula is C18H23FN2O4S. The average molecular weight is 382 g/mol. The molecule has 26 heavy (non-hydrogen) atoms. The number of sulfone groups is 1. The smallest absolute Gasteiger partial charge is 0.251 e. The molecule has 0 fully saturated rings. The summed E-state index contributed by atoms with van der Waals surface area (Å²) in [6, 6.07) is 8.36. The Bertz CT molecular complexity index is 939. The molecule has 0 saturated heterocycles. The first kappa shape index (κ1) is 20.3. The molecule has 1 heterocycles. The Morgan fingerprint density at radius 2 is 1.88 bits per heavy atom. The molecule has 0 aliphatic carbocycles. The zero-order chi connectivity index (χ0) is 19.5. The van der Waals surface area contributed by atoms with Gasteiger partial charge in [-0.15, -0.1) is 0 Å². The SMILES string of the molecule is Cc1ccc(-c2cc(=O)n(CC[C@](C)(CNO)S(C)(=O)=O)cc2F)cc1. The summed E-state index contributed by atoms with van der Waals surface area (Å²) in [5, 5.41) is 8.90. The van der Waals surface area contributed by atoms with Crippen molar-refractivity contribution >= 4 is 9.84 Å². The molecular weight excluding hydrogens is 359 g/mol. The van der Waals surface area contributed by atoms with Crippen LogP contribution in [0.25, 0.3) is 11.1 Å². The van der Waals surface area contributed by atoms with Crippen LogP contribution >= 0.6 is 0 Å². The van der Waals surface area contributed by atoms with Crippen molar-refractivity contribution in [3.8, 4) is 11.1 Å².